The van der Waals surface area contributed by atoms with Gasteiger partial charge in [0, 0.05) is 11.9 Å². The molecule has 2 N–H and O–H groups in total. The Bertz CT molecular complexity index is 590. The van der Waals surface area contributed by atoms with E-state index >= 15 is 0 Å². The van der Waals surface area contributed by atoms with Gasteiger partial charge in [-0.2, -0.15) is 0 Å². The first kappa shape index (κ1) is 10.0. The standard InChI is InChI=1S/C12H13N5/c1-8-9-4-2-3-5-10(9)16-12(15-8)17-11-13-6-7-14-11/h2-5H,6-7H2,1H3,(H2,13,14,15,16,17). The Morgan fingerprint density at radius 2 is 2.12 bits per heavy atom. The van der Waals surface area contributed by atoms with Gasteiger partial charge in [0.05, 0.1) is 17.8 Å². The molecule has 1 aliphatic heterocycles. The number of rotatable bonds is 1. The van der Waals surface area contributed by atoms with Gasteiger partial charge in [-0.25, -0.2) is 9.97 Å². The van der Waals surface area contributed by atoms with E-state index in [4.69, 9.17) is 0 Å². The minimum atomic E-state index is 0.592. The molecule has 0 radical (unpaired) electrons. The summed E-state index contributed by atoms with van der Waals surface area (Å²) < 4.78 is 0. The number of nitrogens with one attached hydrogen (secondary N) is 2. The number of hydrogen-bond donors (Lipinski definition) is 2. The number of nitrogens with zero attached hydrogens (tertiary/aromatic N) is 3. The maximum absolute atomic E-state index is 4.46. The normalized spacial score (nSPS) is 14.5. The van der Waals surface area contributed by atoms with Crippen molar-refractivity contribution >= 4 is 22.8 Å². The van der Waals surface area contributed by atoms with E-state index in [1.54, 1.807) is 0 Å². The molecule has 2 aromatic rings. The SMILES string of the molecule is Cc1nc(NC2=NCCN2)nc2ccccc12. The Kier molecular flexibility index (Phi) is 2.36. The van der Waals surface area contributed by atoms with Crippen LogP contribution in [0.15, 0.2) is 29.3 Å². The Morgan fingerprint density at radius 1 is 1.24 bits per heavy atom. The van der Waals surface area contributed by atoms with Crippen molar-refractivity contribution in [3.8, 4) is 0 Å². The topological polar surface area (TPSA) is 62.2 Å². The molecule has 1 aliphatic rings. The summed E-state index contributed by atoms with van der Waals surface area (Å²) in [7, 11) is 0. The first-order chi connectivity index (χ1) is 8.33. The van der Waals surface area contributed by atoms with Gasteiger partial charge in [-0.3, -0.25) is 10.3 Å². The van der Waals surface area contributed by atoms with Gasteiger partial charge >= 0.3 is 0 Å². The summed E-state index contributed by atoms with van der Waals surface area (Å²) in [5, 5.41) is 7.30. The van der Waals surface area contributed by atoms with Crippen molar-refractivity contribution in [2.24, 2.45) is 4.99 Å². The highest BCUT2D eigenvalue weighted by Gasteiger charge is 2.08. The van der Waals surface area contributed by atoms with Crippen molar-refractivity contribution in [1.82, 2.24) is 15.3 Å². The molecule has 5 nitrogen and oxygen atoms in total. The zero-order valence-electron chi connectivity index (χ0n) is 9.57. The predicted molar refractivity (Wildman–Crippen MR) is 68.2 cm³/mol. The second kappa shape index (κ2) is 4.01. The fourth-order valence-electron chi connectivity index (χ4n) is 1.88. The van der Waals surface area contributed by atoms with E-state index in [9.17, 15) is 0 Å². The van der Waals surface area contributed by atoms with E-state index in [0.717, 1.165) is 35.6 Å². The van der Waals surface area contributed by atoms with Crippen molar-refractivity contribution in [2.75, 3.05) is 18.4 Å². The summed E-state index contributed by atoms with van der Waals surface area (Å²) >= 11 is 0. The summed E-state index contributed by atoms with van der Waals surface area (Å²) in [6.45, 7) is 3.66. The van der Waals surface area contributed by atoms with E-state index < -0.39 is 0 Å². The molecule has 0 fully saturated rings. The van der Waals surface area contributed by atoms with Crippen LogP contribution in [0.3, 0.4) is 0 Å². The van der Waals surface area contributed by atoms with Gasteiger partial charge in [0.15, 0.2) is 5.96 Å². The zero-order chi connectivity index (χ0) is 11.7. The van der Waals surface area contributed by atoms with Crippen LogP contribution in [0, 0.1) is 6.92 Å². The Hall–Kier alpha value is -2.17. The third-order valence-electron chi connectivity index (χ3n) is 2.70. The smallest absolute Gasteiger partial charge is 0.230 e. The zero-order valence-corrected chi connectivity index (χ0v) is 9.57. The highest BCUT2D eigenvalue weighted by atomic mass is 15.3. The summed E-state index contributed by atoms with van der Waals surface area (Å²) in [5.41, 5.74) is 1.91. The Morgan fingerprint density at radius 3 is 2.94 bits per heavy atom. The van der Waals surface area contributed by atoms with Crippen molar-refractivity contribution in [2.45, 2.75) is 6.92 Å². The lowest BCUT2D eigenvalue weighted by Gasteiger charge is -2.07. The van der Waals surface area contributed by atoms with Gasteiger partial charge in [0.2, 0.25) is 5.95 Å². The first-order valence-corrected chi connectivity index (χ1v) is 5.62. The molecule has 86 valence electrons. The quantitative estimate of drug-likeness (QED) is 0.771. The molecule has 0 saturated heterocycles. The lowest BCUT2D eigenvalue weighted by Crippen LogP contribution is -2.27. The number of hydrogen-bond acceptors (Lipinski definition) is 5. The van der Waals surface area contributed by atoms with Gasteiger partial charge < -0.3 is 5.32 Å². The molecule has 3 rings (SSSR count). The van der Waals surface area contributed by atoms with E-state index in [2.05, 4.69) is 25.6 Å². The van der Waals surface area contributed by atoms with Crippen LogP contribution in [0.25, 0.3) is 10.9 Å². The van der Waals surface area contributed by atoms with Crippen LogP contribution in [0.4, 0.5) is 5.95 Å². The second-order valence-electron chi connectivity index (χ2n) is 3.93. The van der Waals surface area contributed by atoms with Crippen LogP contribution < -0.4 is 10.6 Å². The predicted octanol–water partition coefficient (Wildman–Crippen LogP) is 1.31. The van der Waals surface area contributed by atoms with Gasteiger partial charge in [-0.1, -0.05) is 18.2 Å². The Balaban J connectivity index is 2.00. The van der Waals surface area contributed by atoms with Gasteiger partial charge in [-0.15, -0.1) is 0 Å². The third-order valence-corrected chi connectivity index (χ3v) is 2.70. The second-order valence-corrected chi connectivity index (χ2v) is 3.93. The maximum Gasteiger partial charge on any atom is 0.230 e. The number of aryl methyl sites for hydroxylation is 1. The van der Waals surface area contributed by atoms with Crippen LogP contribution in [0.2, 0.25) is 0 Å². The molecule has 2 heterocycles. The van der Waals surface area contributed by atoms with Crippen molar-refractivity contribution in [3.05, 3.63) is 30.0 Å². The maximum atomic E-state index is 4.46. The fourth-order valence-corrected chi connectivity index (χ4v) is 1.88. The summed E-state index contributed by atoms with van der Waals surface area (Å²) in [4.78, 5) is 13.1. The van der Waals surface area contributed by atoms with E-state index in [-0.39, 0.29) is 0 Å². The molecule has 0 saturated carbocycles. The average Bonchev–Trinajstić information content (AvgIpc) is 2.82. The largest absolute Gasteiger partial charge is 0.354 e. The minimum absolute atomic E-state index is 0.592. The summed E-state index contributed by atoms with van der Waals surface area (Å²) in [6.07, 6.45) is 0. The van der Waals surface area contributed by atoms with Crippen molar-refractivity contribution < 1.29 is 0 Å². The number of para-hydroxylation sites is 1. The molecule has 0 unspecified atom stereocenters. The van der Waals surface area contributed by atoms with Crippen LogP contribution in [0.1, 0.15) is 5.69 Å². The molecular formula is C12H13N5. The summed E-state index contributed by atoms with van der Waals surface area (Å²) in [6, 6.07) is 7.98. The Labute approximate surface area is 99.0 Å². The van der Waals surface area contributed by atoms with Gasteiger partial charge in [0.25, 0.3) is 0 Å². The van der Waals surface area contributed by atoms with Crippen LogP contribution in [-0.2, 0) is 0 Å². The minimum Gasteiger partial charge on any atom is -0.354 e. The van der Waals surface area contributed by atoms with E-state index in [0.29, 0.717) is 5.95 Å². The molecule has 0 bridgehead atoms. The van der Waals surface area contributed by atoms with Gasteiger partial charge in [0.1, 0.15) is 0 Å². The van der Waals surface area contributed by atoms with E-state index in [1.165, 1.54) is 0 Å². The van der Waals surface area contributed by atoms with E-state index in [1.807, 2.05) is 31.2 Å². The lowest BCUT2D eigenvalue weighted by atomic mass is 10.2. The number of guanidine groups is 1. The lowest BCUT2D eigenvalue weighted by molar-refractivity contribution is 0.958. The van der Waals surface area contributed by atoms with Gasteiger partial charge in [-0.05, 0) is 13.0 Å². The van der Waals surface area contributed by atoms with Crippen molar-refractivity contribution in [1.29, 1.82) is 0 Å². The molecule has 5 heteroatoms. The third kappa shape index (κ3) is 1.91. The fraction of sp³-hybridized carbons (Fsp3) is 0.250. The number of benzene rings is 1. The highest BCUT2D eigenvalue weighted by Crippen LogP contribution is 2.16. The average molecular weight is 227 g/mol. The molecule has 17 heavy (non-hydrogen) atoms. The number of anilines is 1. The number of aliphatic imine (C=N–C) groups is 1. The molecule has 0 amide bonds. The molecular weight excluding hydrogens is 214 g/mol. The summed E-state index contributed by atoms with van der Waals surface area (Å²) in [5.74, 6) is 1.34. The van der Waals surface area contributed by atoms with Crippen LogP contribution in [-0.4, -0.2) is 29.0 Å². The molecule has 0 aliphatic carbocycles. The van der Waals surface area contributed by atoms with Crippen LogP contribution in [0.5, 0.6) is 0 Å². The molecule has 1 aromatic carbocycles. The monoisotopic (exact) mass is 227 g/mol. The van der Waals surface area contributed by atoms with Crippen LogP contribution >= 0.6 is 0 Å². The molecule has 1 aromatic heterocycles. The molecule has 0 atom stereocenters. The molecule has 0 spiro atoms. The number of aromatic nitrogens is 2. The highest BCUT2D eigenvalue weighted by molar-refractivity contribution is 5.94. The van der Waals surface area contributed by atoms with Crippen molar-refractivity contribution in [3.63, 3.8) is 0 Å². The number of fused-ring (bicyclic) bond motifs is 1. The first-order valence-electron chi connectivity index (χ1n) is 5.62.